The molecule has 4 rings (SSSR count). The summed E-state index contributed by atoms with van der Waals surface area (Å²) in [5.41, 5.74) is 0. The molecule has 1 saturated heterocycles. The van der Waals surface area contributed by atoms with Crippen LogP contribution in [-0.2, 0) is 11.8 Å². The first-order chi connectivity index (χ1) is 11.7. The van der Waals surface area contributed by atoms with Crippen molar-refractivity contribution < 1.29 is 9.21 Å². The van der Waals surface area contributed by atoms with Gasteiger partial charge in [0.2, 0.25) is 22.8 Å². The molecule has 0 aromatic carbocycles. The van der Waals surface area contributed by atoms with Gasteiger partial charge in [0.25, 0.3) is 0 Å². The SMILES string of the molecule is Cn1nnnc1SCC(=O)N1CCC(c2nnc(C3CC3)o2)CC1. The summed E-state index contributed by atoms with van der Waals surface area (Å²) in [4.78, 5) is 14.2. The number of hydrogen-bond donors (Lipinski definition) is 0. The maximum absolute atomic E-state index is 12.3. The third-order valence-corrected chi connectivity index (χ3v) is 5.48. The number of aromatic nitrogens is 6. The molecule has 0 bridgehead atoms. The van der Waals surface area contributed by atoms with Gasteiger partial charge in [-0.3, -0.25) is 4.79 Å². The first-order valence-corrected chi connectivity index (χ1v) is 9.15. The molecule has 1 aliphatic carbocycles. The van der Waals surface area contributed by atoms with E-state index in [2.05, 4.69) is 25.7 Å². The summed E-state index contributed by atoms with van der Waals surface area (Å²) in [6.45, 7) is 1.45. The molecule has 2 fully saturated rings. The van der Waals surface area contributed by atoms with Crippen LogP contribution in [0.2, 0.25) is 0 Å². The number of hydrogen-bond acceptors (Lipinski definition) is 8. The molecule has 2 aliphatic rings. The van der Waals surface area contributed by atoms with Crippen LogP contribution in [0.4, 0.5) is 0 Å². The lowest BCUT2D eigenvalue weighted by Crippen LogP contribution is -2.39. The Labute approximate surface area is 143 Å². The number of carbonyl (C=O) groups excluding carboxylic acids is 1. The van der Waals surface area contributed by atoms with Crippen molar-refractivity contribution in [2.24, 2.45) is 7.05 Å². The van der Waals surface area contributed by atoms with Gasteiger partial charge in [0, 0.05) is 32.0 Å². The lowest BCUT2D eigenvalue weighted by atomic mass is 9.97. The summed E-state index contributed by atoms with van der Waals surface area (Å²) in [7, 11) is 1.76. The van der Waals surface area contributed by atoms with Crippen LogP contribution in [0.15, 0.2) is 9.57 Å². The molecule has 0 atom stereocenters. The van der Waals surface area contributed by atoms with Crippen molar-refractivity contribution in [3.63, 3.8) is 0 Å². The van der Waals surface area contributed by atoms with Crippen LogP contribution < -0.4 is 0 Å². The zero-order chi connectivity index (χ0) is 16.5. The van der Waals surface area contributed by atoms with Crippen molar-refractivity contribution >= 4 is 17.7 Å². The quantitative estimate of drug-likeness (QED) is 0.736. The van der Waals surface area contributed by atoms with E-state index < -0.39 is 0 Å². The Morgan fingerprint density at radius 1 is 1.12 bits per heavy atom. The van der Waals surface area contributed by atoms with E-state index in [-0.39, 0.29) is 11.8 Å². The Morgan fingerprint density at radius 2 is 1.79 bits per heavy atom. The van der Waals surface area contributed by atoms with E-state index >= 15 is 0 Å². The van der Waals surface area contributed by atoms with Crippen LogP contribution in [0.5, 0.6) is 0 Å². The molecule has 0 N–H and O–H groups in total. The van der Waals surface area contributed by atoms with Crippen molar-refractivity contribution in [2.75, 3.05) is 18.8 Å². The third kappa shape index (κ3) is 3.28. The van der Waals surface area contributed by atoms with Gasteiger partial charge in [0.1, 0.15) is 0 Å². The zero-order valence-corrected chi connectivity index (χ0v) is 14.3. The van der Waals surface area contributed by atoms with E-state index in [0.717, 1.165) is 50.6 Å². The van der Waals surface area contributed by atoms with Crippen molar-refractivity contribution in [2.45, 2.75) is 42.7 Å². The molecular formula is C14H19N7O2S. The molecule has 10 heteroatoms. The van der Waals surface area contributed by atoms with Crippen LogP contribution >= 0.6 is 11.8 Å². The molecule has 2 aromatic rings. The Balaban J connectivity index is 1.27. The Kier molecular flexibility index (Phi) is 4.21. The summed E-state index contributed by atoms with van der Waals surface area (Å²) >= 11 is 1.36. The predicted molar refractivity (Wildman–Crippen MR) is 84.4 cm³/mol. The molecular weight excluding hydrogens is 330 g/mol. The highest BCUT2D eigenvalue weighted by atomic mass is 32.2. The van der Waals surface area contributed by atoms with Crippen molar-refractivity contribution in [1.29, 1.82) is 0 Å². The molecule has 2 aromatic heterocycles. The maximum atomic E-state index is 12.3. The lowest BCUT2D eigenvalue weighted by molar-refractivity contribution is -0.129. The second-order valence-electron chi connectivity index (χ2n) is 6.28. The van der Waals surface area contributed by atoms with Crippen molar-refractivity contribution in [3.05, 3.63) is 11.8 Å². The fourth-order valence-electron chi connectivity index (χ4n) is 2.84. The molecule has 24 heavy (non-hydrogen) atoms. The first kappa shape index (κ1) is 15.6. The molecule has 0 radical (unpaired) electrons. The molecule has 0 unspecified atom stereocenters. The number of thioether (sulfide) groups is 1. The number of piperidine rings is 1. The summed E-state index contributed by atoms with van der Waals surface area (Å²) in [6.07, 6.45) is 4.06. The zero-order valence-electron chi connectivity index (χ0n) is 13.5. The topological polar surface area (TPSA) is 103 Å². The normalized spacial score (nSPS) is 19.0. The number of amides is 1. The monoisotopic (exact) mass is 349 g/mol. The number of likely N-dealkylation sites (tertiary alicyclic amines) is 1. The lowest BCUT2D eigenvalue weighted by Gasteiger charge is -2.30. The Morgan fingerprint density at radius 3 is 2.38 bits per heavy atom. The van der Waals surface area contributed by atoms with Gasteiger partial charge in [-0.2, -0.15) is 0 Å². The van der Waals surface area contributed by atoms with Gasteiger partial charge in [0.05, 0.1) is 5.75 Å². The van der Waals surface area contributed by atoms with Crippen LogP contribution in [0.3, 0.4) is 0 Å². The molecule has 3 heterocycles. The van der Waals surface area contributed by atoms with Crippen LogP contribution in [-0.4, -0.2) is 60.1 Å². The van der Waals surface area contributed by atoms with E-state index in [1.807, 2.05) is 4.90 Å². The highest BCUT2D eigenvalue weighted by molar-refractivity contribution is 7.99. The standard InChI is InChI=1S/C14H19N7O2S/c1-20-14(17-18-19-20)24-8-11(22)21-6-4-10(5-7-21)13-16-15-12(23-13)9-2-3-9/h9-10H,2-8H2,1H3. The average Bonchev–Trinajstić information content (AvgIpc) is 3.19. The molecule has 1 aliphatic heterocycles. The maximum Gasteiger partial charge on any atom is 0.233 e. The minimum Gasteiger partial charge on any atom is -0.425 e. The third-order valence-electron chi connectivity index (χ3n) is 4.49. The number of carbonyl (C=O) groups is 1. The average molecular weight is 349 g/mol. The van der Waals surface area contributed by atoms with Gasteiger partial charge in [-0.15, -0.1) is 15.3 Å². The minimum atomic E-state index is 0.116. The molecule has 128 valence electrons. The van der Waals surface area contributed by atoms with Gasteiger partial charge in [-0.1, -0.05) is 11.8 Å². The van der Waals surface area contributed by atoms with Gasteiger partial charge in [0.15, 0.2) is 0 Å². The number of rotatable bonds is 5. The largest absolute Gasteiger partial charge is 0.425 e. The van der Waals surface area contributed by atoms with E-state index in [4.69, 9.17) is 4.42 Å². The van der Waals surface area contributed by atoms with E-state index in [0.29, 0.717) is 16.8 Å². The second kappa shape index (κ2) is 6.50. The van der Waals surface area contributed by atoms with E-state index in [1.54, 1.807) is 11.7 Å². The van der Waals surface area contributed by atoms with E-state index in [1.165, 1.54) is 11.8 Å². The Hall–Kier alpha value is -1.97. The first-order valence-electron chi connectivity index (χ1n) is 8.17. The van der Waals surface area contributed by atoms with Crippen molar-refractivity contribution in [1.82, 2.24) is 35.3 Å². The highest BCUT2D eigenvalue weighted by Crippen LogP contribution is 2.40. The smallest absolute Gasteiger partial charge is 0.233 e. The molecule has 0 spiro atoms. The fourth-order valence-corrected chi connectivity index (χ4v) is 3.60. The summed E-state index contributed by atoms with van der Waals surface area (Å²) in [5, 5.41) is 20.2. The second-order valence-corrected chi connectivity index (χ2v) is 7.22. The minimum absolute atomic E-state index is 0.116. The van der Waals surface area contributed by atoms with Crippen LogP contribution in [0.25, 0.3) is 0 Å². The highest BCUT2D eigenvalue weighted by Gasteiger charge is 2.32. The summed E-state index contributed by atoms with van der Waals surface area (Å²) in [6, 6.07) is 0. The van der Waals surface area contributed by atoms with Gasteiger partial charge >= 0.3 is 0 Å². The number of nitrogens with zero attached hydrogens (tertiary/aromatic N) is 7. The van der Waals surface area contributed by atoms with E-state index in [9.17, 15) is 4.79 Å². The Bertz CT molecular complexity index is 718. The van der Waals surface area contributed by atoms with Crippen LogP contribution in [0.1, 0.15) is 49.3 Å². The number of tetrazole rings is 1. The number of aryl methyl sites for hydroxylation is 1. The van der Waals surface area contributed by atoms with Gasteiger partial charge < -0.3 is 9.32 Å². The molecule has 1 amide bonds. The van der Waals surface area contributed by atoms with Crippen molar-refractivity contribution in [3.8, 4) is 0 Å². The fraction of sp³-hybridized carbons (Fsp3) is 0.714. The summed E-state index contributed by atoms with van der Waals surface area (Å²) in [5.74, 6) is 2.75. The molecule has 9 nitrogen and oxygen atoms in total. The van der Waals surface area contributed by atoms with Gasteiger partial charge in [-0.25, -0.2) is 4.68 Å². The molecule has 1 saturated carbocycles. The van der Waals surface area contributed by atoms with Gasteiger partial charge in [-0.05, 0) is 36.1 Å². The summed E-state index contributed by atoms with van der Waals surface area (Å²) < 4.78 is 7.36. The predicted octanol–water partition coefficient (Wildman–Crippen LogP) is 0.969. The van der Waals surface area contributed by atoms with Crippen LogP contribution in [0, 0.1) is 0 Å².